The summed E-state index contributed by atoms with van der Waals surface area (Å²) in [5, 5.41) is 12.3. The second-order valence-corrected chi connectivity index (χ2v) is 8.31. The maximum absolute atomic E-state index is 13.0. The molecule has 2 heterocycles. The van der Waals surface area contributed by atoms with E-state index >= 15 is 0 Å². The molecule has 148 valence electrons. The second kappa shape index (κ2) is 7.13. The molecule has 1 aliphatic rings. The molecule has 0 unspecified atom stereocenters. The summed E-state index contributed by atoms with van der Waals surface area (Å²) in [6.07, 6.45) is 0. The van der Waals surface area contributed by atoms with E-state index in [4.69, 9.17) is 4.74 Å². The molecule has 1 aliphatic heterocycles. The van der Waals surface area contributed by atoms with Crippen LogP contribution >= 0.6 is 0 Å². The standard InChI is InChI=1S/C19H17N5O4S/c1-13(25)28-18-15-10-6-7-11-16(15)29(26,27)23(2)17(18)19-20-22-24(21-19)12-14-8-4-3-5-9-14/h3-11H,12H2,1-2H3. The fraction of sp³-hybridized carbons (Fsp3) is 0.158. The highest BCUT2D eigenvalue weighted by Crippen LogP contribution is 2.39. The van der Waals surface area contributed by atoms with E-state index < -0.39 is 16.0 Å². The zero-order chi connectivity index (χ0) is 20.6. The first kappa shape index (κ1) is 18.8. The number of rotatable bonds is 4. The first-order valence-corrected chi connectivity index (χ1v) is 10.1. The maximum Gasteiger partial charge on any atom is 0.308 e. The second-order valence-electron chi connectivity index (χ2n) is 6.37. The molecule has 1 aromatic heterocycles. The number of aromatic nitrogens is 4. The summed E-state index contributed by atoms with van der Waals surface area (Å²) in [5.74, 6) is -0.473. The van der Waals surface area contributed by atoms with Crippen LogP contribution in [0.15, 0.2) is 59.5 Å². The van der Waals surface area contributed by atoms with Gasteiger partial charge < -0.3 is 4.74 Å². The molecule has 10 heteroatoms. The number of benzene rings is 2. The molecule has 0 N–H and O–H groups in total. The van der Waals surface area contributed by atoms with Gasteiger partial charge in [0.15, 0.2) is 5.76 Å². The number of ether oxygens (including phenoxy) is 1. The Morgan fingerprint density at radius 1 is 1.07 bits per heavy atom. The third-order valence-electron chi connectivity index (χ3n) is 4.38. The molecular weight excluding hydrogens is 394 g/mol. The van der Waals surface area contributed by atoms with Gasteiger partial charge in [0.1, 0.15) is 5.70 Å². The van der Waals surface area contributed by atoms with Crippen LogP contribution in [-0.2, 0) is 26.1 Å². The number of sulfonamides is 1. The van der Waals surface area contributed by atoms with E-state index in [1.165, 1.54) is 24.8 Å². The Morgan fingerprint density at radius 2 is 1.76 bits per heavy atom. The van der Waals surface area contributed by atoms with Gasteiger partial charge in [-0.05, 0) is 22.9 Å². The molecule has 0 atom stereocenters. The Kier molecular flexibility index (Phi) is 4.63. The molecule has 0 saturated heterocycles. The Labute approximate surface area is 167 Å². The van der Waals surface area contributed by atoms with Crippen molar-refractivity contribution >= 4 is 27.4 Å². The van der Waals surface area contributed by atoms with E-state index in [2.05, 4.69) is 15.4 Å². The molecule has 4 rings (SSSR count). The van der Waals surface area contributed by atoms with Crippen LogP contribution in [-0.4, -0.2) is 45.9 Å². The predicted octanol–water partition coefficient (Wildman–Crippen LogP) is 1.74. The molecule has 0 aliphatic carbocycles. The molecule has 0 radical (unpaired) electrons. The van der Waals surface area contributed by atoms with Gasteiger partial charge in [0.25, 0.3) is 10.0 Å². The summed E-state index contributed by atoms with van der Waals surface area (Å²) in [6.45, 7) is 1.60. The fourth-order valence-corrected chi connectivity index (χ4v) is 4.45. The summed E-state index contributed by atoms with van der Waals surface area (Å²) in [5.41, 5.74) is 1.29. The zero-order valence-corrected chi connectivity index (χ0v) is 16.5. The van der Waals surface area contributed by atoms with Crippen molar-refractivity contribution < 1.29 is 17.9 Å². The van der Waals surface area contributed by atoms with Crippen LogP contribution in [0.25, 0.3) is 11.5 Å². The van der Waals surface area contributed by atoms with Gasteiger partial charge in [0, 0.05) is 19.5 Å². The van der Waals surface area contributed by atoms with Gasteiger partial charge in [-0.2, -0.15) is 4.80 Å². The Balaban J connectivity index is 1.85. The van der Waals surface area contributed by atoms with Crippen molar-refractivity contribution in [3.05, 3.63) is 71.5 Å². The van der Waals surface area contributed by atoms with Crippen molar-refractivity contribution in [1.29, 1.82) is 0 Å². The molecule has 0 amide bonds. The van der Waals surface area contributed by atoms with Crippen LogP contribution in [0.4, 0.5) is 0 Å². The van der Waals surface area contributed by atoms with Crippen LogP contribution in [0, 0.1) is 0 Å². The van der Waals surface area contributed by atoms with E-state index in [9.17, 15) is 13.2 Å². The number of carbonyl (C=O) groups is 1. The minimum Gasteiger partial charge on any atom is -0.424 e. The van der Waals surface area contributed by atoms with Crippen molar-refractivity contribution in [2.24, 2.45) is 0 Å². The van der Waals surface area contributed by atoms with Crippen LogP contribution < -0.4 is 0 Å². The molecule has 29 heavy (non-hydrogen) atoms. The van der Waals surface area contributed by atoms with Gasteiger partial charge in [-0.1, -0.05) is 42.5 Å². The van der Waals surface area contributed by atoms with Gasteiger partial charge in [0.05, 0.1) is 11.4 Å². The number of hydrogen-bond donors (Lipinski definition) is 0. The van der Waals surface area contributed by atoms with Crippen LogP contribution in [0.5, 0.6) is 0 Å². The van der Waals surface area contributed by atoms with Crippen LogP contribution in [0.2, 0.25) is 0 Å². The molecule has 0 fully saturated rings. The van der Waals surface area contributed by atoms with E-state index in [1.54, 1.807) is 18.2 Å². The first-order chi connectivity index (χ1) is 13.9. The highest BCUT2D eigenvalue weighted by atomic mass is 32.2. The molecular formula is C19H17N5O4S. The quantitative estimate of drug-likeness (QED) is 0.602. The SMILES string of the molecule is CC(=O)OC1=C(c2nnn(Cc3ccccc3)n2)N(C)S(=O)(=O)c2ccccc21. The summed E-state index contributed by atoms with van der Waals surface area (Å²) in [6, 6.07) is 15.8. The minimum atomic E-state index is -3.87. The minimum absolute atomic E-state index is 0.0396. The number of carbonyl (C=O) groups excluding carboxylic acids is 1. The highest BCUT2D eigenvalue weighted by molar-refractivity contribution is 7.89. The average Bonchev–Trinajstić information content (AvgIpc) is 3.15. The number of nitrogens with zero attached hydrogens (tertiary/aromatic N) is 5. The molecule has 2 aromatic carbocycles. The lowest BCUT2D eigenvalue weighted by atomic mass is 10.1. The topological polar surface area (TPSA) is 107 Å². The monoisotopic (exact) mass is 411 g/mol. The van der Waals surface area contributed by atoms with Crippen molar-refractivity contribution in [2.75, 3.05) is 7.05 Å². The summed E-state index contributed by atoms with van der Waals surface area (Å²) in [7, 11) is -2.51. The number of fused-ring (bicyclic) bond motifs is 1. The molecule has 9 nitrogen and oxygen atoms in total. The summed E-state index contributed by atoms with van der Waals surface area (Å²) >= 11 is 0. The maximum atomic E-state index is 13.0. The molecule has 0 bridgehead atoms. The van der Waals surface area contributed by atoms with Crippen molar-refractivity contribution in [3.8, 4) is 0 Å². The third kappa shape index (κ3) is 3.38. The van der Waals surface area contributed by atoms with Crippen LogP contribution in [0.1, 0.15) is 23.9 Å². The van der Waals surface area contributed by atoms with E-state index in [0.29, 0.717) is 6.54 Å². The van der Waals surface area contributed by atoms with Gasteiger partial charge in [-0.15, -0.1) is 10.2 Å². The zero-order valence-electron chi connectivity index (χ0n) is 15.7. The average molecular weight is 411 g/mol. The Hall–Kier alpha value is -3.53. The van der Waals surface area contributed by atoms with Crippen molar-refractivity contribution in [2.45, 2.75) is 18.4 Å². The molecule has 3 aromatic rings. The van der Waals surface area contributed by atoms with E-state index in [-0.39, 0.29) is 27.7 Å². The molecule has 0 saturated carbocycles. The fourth-order valence-electron chi connectivity index (χ4n) is 3.06. The Bertz CT molecular complexity index is 1220. The third-order valence-corrected chi connectivity index (χ3v) is 6.19. The smallest absolute Gasteiger partial charge is 0.308 e. The number of esters is 1. The lowest BCUT2D eigenvalue weighted by Crippen LogP contribution is -2.32. The van der Waals surface area contributed by atoms with Crippen molar-refractivity contribution in [1.82, 2.24) is 24.5 Å². The van der Waals surface area contributed by atoms with Gasteiger partial charge >= 0.3 is 5.97 Å². The van der Waals surface area contributed by atoms with E-state index in [1.807, 2.05) is 30.3 Å². The van der Waals surface area contributed by atoms with E-state index in [0.717, 1.165) is 9.87 Å². The highest BCUT2D eigenvalue weighted by Gasteiger charge is 2.38. The lowest BCUT2D eigenvalue weighted by Gasteiger charge is -2.29. The number of tetrazole rings is 1. The predicted molar refractivity (Wildman–Crippen MR) is 103 cm³/mol. The molecule has 0 spiro atoms. The largest absolute Gasteiger partial charge is 0.424 e. The van der Waals surface area contributed by atoms with Gasteiger partial charge in [0.2, 0.25) is 5.82 Å². The summed E-state index contributed by atoms with van der Waals surface area (Å²) in [4.78, 5) is 13.1. The normalized spacial score (nSPS) is 15.2. The van der Waals surface area contributed by atoms with Gasteiger partial charge in [-0.3, -0.25) is 9.10 Å². The first-order valence-electron chi connectivity index (χ1n) is 8.71. The van der Waals surface area contributed by atoms with Crippen molar-refractivity contribution in [3.63, 3.8) is 0 Å². The Morgan fingerprint density at radius 3 is 2.48 bits per heavy atom. The number of hydrogen-bond acceptors (Lipinski definition) is 7. The van der Waals surface area contributed by atoms with Crippen LogP contribution in [0.3, 0.4) is 0 Å². The van der Waals surface area contributed by atoms with Gasteiger partial charge in [-0.25, -0.2) is 8.42 Å². The lowest BCUT2D eigenvalue weighted by molar-refractivity contribution is -0.134. The summed E-state index contributed by atoms with van der Waals surface area (Å²) < 4.78 is 32.4.